The smallest absolute Gasteiger partial charge is 0.252 e. The van der Waals surface area contributed by atoms with Crippen molar-refractivity contribution in [3.8, 4) is 0 Å². The van der Waals surface area contributed by atoms with E-state index < -0.39 is 6.04 Å². The van der Waals surface area contributed by atoms with Crippen LogP contribution in [-0.2, 0) is 9.59 Å². The second-order valence-electron chi connectivity index (χ2n) is 4.79. The van der Waals surface area contributed by atoms with Gasteiger partial charge in [-0.25, -0.2) is 4.68 Å². The summed E-state index contributed by atoms with van der Waals surface area (Å²) < 4.78 is 1.41. The minimum atomic E-state index is -0.728. The molecule has 0 radical (unpaired) electrons. The molecule has 2 heterocycles. The summed E-state index contributed by atoms with van der Waals surface area (Å²) in [6.07, 6.45) is -0.0789. The second kappa shape index (κ2) is 5.58. The first-order chi connectivity index (χ1) is 10.5. The van der Waals surface area contributed by atoms with E-state index in [9.17, 15) is 9.59 Å². The Bertz CT molecular complexity index is 774. The summed E-state index contributed by atoms with van der Waals surface area (Å²) in [5, 5.41) is 9.93. The molecular formula is C13H11Cl2N5O2. The number of amides is 2. The predicted molar refractivity (Wildman–Crippen MR) is 82.1 cm³/mol. The number of rotatable bonds is 3. The van der Waals surface area contributed by atoms with E-state index in [0.717, 1.165) is 0 Å². The zero-order valence-electron chi connectivity index (χ0n) is 11.4. The monoisotopic (exact) mass is 339 g/mol. The maximum absolute atomic E-state index is 12.1. The topological polar surface area (TPSA) is 88.9 Å². The molecule has 0 saturated carbocycles. The zero-order valence-corrected chi connectivity index (χ0v) is 12.9. The number of carbonyl (C=O) groups is 2. The normalized spacial score (nSPS) is 16.3. The number of nitrogens with zero attached hydrogens (tertiary/aromatic N) is 3. The fourth-order valence-corrected chi connectivity index (χ4v) is 2.54. The molecule has 22 heavy (non-hydrogen) atoms. The van der Waals surface area contributed by atoms with Gasteiger partial charge in [-0.1, -0.05) is 29.3 Å². The average Bonchev–Trinajstić information content (AvgIpc) is 2.93. The van der Waals surface area contributed by atoms with Crippen molar-refractivity contribution < 1.29 is 9.59 Å². The molecule has 1 aliphatic heterocycles. The third kappa shape index (κ3) is 2.65. The van der Waals surface area contributed by atoms with Gasteiger partial charge >= 0.3 is 0 Å². The molecule has 1 unspecified atom stereocenters. The van der Waals surface area contributed by atoms with Crippen molar-refractivity contribution >= 4 is 46.7 Å². The summed E-state index contributed by atoms with van der Waals surface area (Å²) in [6.45, 7) is 1.71. The van der Waals surface area contributed by atoms with Gasteiger partial charge in [-0.15, -0.1) is 0 Å². The first-order valence-electron chi connectivity index (χ1n) is 6.43. The fraction of sp³-hybridized carbons (Fsp3) is 0.231. The van der Waals surface area contributed by atoms with Gasteiger partial charge in [-0.3, -0.25) is 14.9 Å². The van der Waals surface area contributed by atoms with E-state index in [1.165, 1.54) is 4.68 Å². The Kier molecular flexibility index (Phi) is 3.76. The van der Waals surface area contributed by atoms with E-state index in [1.807, 2.05) is 0 Å². The van der Waals surface area contributed by atoms with Crippen LogP contribution in [0.3, 0.4) is 0 Å². The summed E-state index contributed by atoms with van der Waals surface area (Å²) in [5.74, 6) is 0.187. The van der Waals surface area contributed by atoms with E-state index in [4.69, 9.17) is 23.2 Å². The number of aryl methyl sites for hydroxylation is 1. The number of aromatic nitrogens is 3. The maximum Gasteiger partial charge on any atom is 0.252 e. The molecular weight excluding hydrogens is 329 g/mol. The highest BCUT2D eigenvalue weighted by molar-refractivity contribution is 6.44. The minimum Gasteiger partial charge on any atom is -0.325 e. The lowest BCUT2D eigenvalue weighted by atomic mass is 10.2. The number of hydrogen-bond donors (Lipinski definition) is 2. The Morgan fingerprint density at radius 1 is 1.45 bits per heavy atom. The van der Waals surface area contributed by atoms with E-state index in [-0.39, 0.29) is 23.3 Å². The number of nitrogens with one attached hydrogen (secondary N) is 2. The van der Waals surface area contributed by atoms with Gasteiger partial charge in [-0.2, -0.15) is 10.1 Å². The quantitative estimate of drug-likeness (QED) is 0.898. The Labute approximate surface area is 135 Å². The maximum atomic E-state index is 12.1. The van der Waals surface area contributed by atoms with Crippen molar-refractivity contribution in [3.63, 3.8) is 0 Å². The Balaban J connectivity index is 1.75. The molecule has 0 spiro atoms. The van der Waals surface area contributed by atoms with E-state index in [0.29, 0.717) is 22.5 Å². The SMILES string of the molecule is Cc1nc2n(n1)C(CC(=O)Nc1cccc(Cl)c1Cl)C(=O)N2. The molecule has 2 aromatic rings. The fourth-order valence-electron chi connectivity index (χ4n) is 2.19. The zero-order chi connectivity index (χ0) is 15.9. The lowest BCUT2D eigenvalue weighted by Crippen LogP contribution is -2.24. The first kappa shape index (κ1) is 14.8. The molecule has 0 bridgehead atoms. The van der Waals surface area contributed by atoms with Crippen LogP contribution in [0.4, 0.5) is 11.6 Å². The molecule has 7 nitrogen and oxygen atoms in total. The summed E-state index contributed by atoms with van der Waals surface area (Å²) in [4.78, 5) is 28.1. The van der Waals surface area contributed by atoms with Crippen molar-refractivity contribution in [1.29, 1.82) is 0 Å². The molecule has 0 fully saturated rings. The molecule has 1 aromatic carbocycles. The van der Waals surface area contributed by atoms with Crippen molar-refractivity contribution in [3.05, 3.63) is 34.1 Å². The van der Waals surface area contributed by atoms with Crippen molar-refractivity contribution in [2.45, 2.75) is 19.4 Å². The Morgan fingerprint density at radius 2 is 2.23 bits per heavy atom. The molecule has 2 N–H and O–H groups in total. The third-order valence-electron chi connectivity index (χ3n) is 3.17. The number of fused-ring (bicyclic) bond motifs is 1. The van der Waals surface area contributed by atoms with Crippen LogP contribution in [0.15, 0.2) is 18.2 Å². The molecule has 1 aromatic heterocycles. The first-order valence-corrected chi connectivity index (χ1v) is 7.19. The van der Waals surface area contributed by atoms with E-state index >= 15 is 0 Å². The second-order valence-corrected chi connectivity index (χ2v) is 5.57. The summed E-state index contributed by atoms with van der Waals surface area (Å²) in [6, 6.07) is 4.19. The van der Waals surface area contributed by atoms with E-state index in [2.05, 4.69) is 20.7 Å². The van der Waals surface area contributed by atoms with Crippen LogP contribution in [0.5, 0.6) is 0 Å². The van der Waals surface area contributed by atoms with Gasteiger partial charge in [0, 0.05) is 0 Å². The highest BCUT2D eigenvalue weighted by Gasteiger charge is 2.34. The molecule has 0 saturated heterocycles. The number of anilines is 2. The number of benzene rings is 1. The van der Waals surface area contributed by atoms with Crippen LogP contribution in [0.25, 0.3) is 0 Å². The lowest BCUT2D eigenvalue weighted by molar-refractivity contribution is -0.123. The Hall–Kier alpha value is -2.12. The van der Waals surface area contributed by atoms with Crippen molar-refractivity contribution in [2.75, 3.05) is 10.6 Å². The number of hydrogen-bond acceptors (Lipinski definition) is 4. The van der Waals surface area contributed by atoms with Crippen molar-refractivity contribution in [2.24, 2.45) is 0 Å². The summed E-state index contributed by atoms with van der Waals surface area (Å²) >= 11 is 11.9. The largest absolute Gasteiger partial charge is 0.325 e. The highest BCUT2D eigenvalue weighted by atomic mass is 35.5. The van der Waals surface area contributed by atoms with Crippen LogP contribution in [-0.4, -0.2) is 26.6 Å². The summed E-state index contributed by atoms with van der Waals surface area (Å²) in [5.41, 5.74) is 0.396. The van der Waals surface area contributed by atoms with Crippen molar-refractivity contribution in [1.82, 2.24) is 14.8 Å². The van der Waals surface area contributed by atoms with E-state index in [1.54, 1.807) is 25.1 Å². The molecule has 114 valence electrons. The third-order valence-corrected chi connectivity index (χ3v) is 3.99. The van der Waals surface area contributed by atoms with Crippen LogP contribution < -0.4 is 10.6 Å². The van der Waals surface area contributed by atoms with Crippen LogP contribution in [0.1, 0.15) is 18.3 Å². The molecule has 0 aliphatic carbocycles. The van der Waals surface area contributed by atoms with Crippen LogP contribution in [0, 0.1) is 6.92 Å². The number of carbonyl (C=O) groups excluding carboxylic acids is 2. The molecule has 2 amide bonds. The van der Waals surface area contributed by atoms with Gasteiger partial charge in [0.25, 0.3) is 5.91 Å². The molecule has 9 heteroatoms. The Morgan fingerprint density at radius 3 is 3.00 bits per heavy atom. The van der Waals surface area contributed by atoms with Gasteiger partial charge in [0.2, 0.25) is 11.9 Å². The standard InChI is InChI=1S/C13H11Cl2N5O2/c1-6-16-13-18-12(22)9(20(13)19-6)5-10(21)17-8-4-2-3-7(14)11(8)15/h2-4,9H,5H2,1H3,(H,17,21)(H,16,18,19,22). The average molecular weight is 340 g/mol. The van der Waals surface area contributed by atoms with Crippen LogP contribution >= 0.6 is 23.2 Å². The van der Waals surface area contributed by atoms with Gasteiger partial charge in [0.15, 0.2) is 0 Å². The highest BCUT2D eigenvalue weighted by Crippen LogP contribution is 2.30. The van der Waals surface area contributed by atoms with Crippen LogP contribution in [0.2, 0.25) is 10.0 Å². The minimum absolute atomic E-state index is 0.0789. The molecule has 1 atom stereocenters. The lowest BCUT2D eigenvalue weighted by Gasteiger charge is -2.11. The van der Waals surface area contributed by atoms with Gasteiger partial charge in [-0.05, 0) is 19.1 Å². The summed E-state index contributed by atoms with van der Waals surface area (Å²) in [7, 11) is 0. The van der Waals surface area contributed by atoms with Gasteiger partial charge in [0.1, 0.15) is 11.9 Å². The molecule has 1 aliphatic rings. The number of halogens is 2. The van der Waals surface area contributed by atoms with Gasteiger partial charge in [0.05, 0.1) is 22.2 Å². The predicted octanol–water partition coefficient (Wildman–Crippen LogP) is 2.42. The molecule has 3 rings (SSSR count). The van der Waals surface area contributed by atoms with Gasteiger partial charge < -0.3 is 5.32 Å².